The highest BCUT2D eigenvalue weighted by molar-refractivity contribution is 14.1. The molecule has 0 fully saturated rings. The summed E-state index contributed by atoms with van der Waals surface area (Å²) in [6, 6.07) is 5.72. The quantitative estimate of drug-likeness (QED) is 0.421. The van der Waals surface area contributed by atoms with Crippen molar-refractivity contribution < 1.29 is 8.78 Å². The lowest BCUT2D eigenvalue weighted by molar-refractivity contribution is 0.579. The van der Waals surface area contributed by atoms with E-state index in [1.165, 1.54) is 0 Å². The first kappa shape index (κ1) is 14.2. The second-order valence-electron chi connectivity index (χ2n) is 3.54. The van der Waals surface area contributed by atoms with Crippen LogP contribution in [0.2, 0.25) is 5.02 Å². The Labute approximate surface area is 126 Å². The molecule has 1 heterocycles. The zero-order chi connectivity index (χ0) is 14.0. The Morgan fingerprint density at radius 1 is 1.16 bits per heavy atom. The number of benzene rings is 1. The molecule has 4 N–H and O–H groups in total. The molecular weight excluding hydrogens is 389 g/mol. The number of pyridine rings is 1. The van der Waals surface area contributed by atoms with Crippen LogP contribution in [0.1, 0.15) is 0 Å². The minimum absolute atomic E-state index is 0.130. The van der Waals surface area contributed by atoms with E-state index in [0.717, 1.165) is 3.57 Å². The van der Waals surface area contributed by atoms with Crippen molar-refractivity contribution in [2.45, 2.75) is 0 Å². The molecule has 4 nitrogen and oxygen atoms in total. The summed E-state index contributed by atoms with van der Waals surface area (Å²) in [6.45, 7) is 0. The number of nitrogens with one attached hydrogen (secondary N) is 2. The van der Waals surface area contributed by atoms with E-state index in [1.807, 2.05) is 22.6 Å². The number of hydrogen-bond donors (Lipinski definition) is 3. The van der Waals surface area contributed by atoms with Crippen LogP contribution in [-0.4, -0.2) is 4.98 Å². The van der Waals surface area contributed by atoms with Crippen LogP contribution in [0.15, 0.2) is 24.3 Å². The fourth-order valence-electron chi connectivity index (χ4n) is 1.37. The molecule has 0 atom stereocenters. The lowest BCUT2D eigenvalue weighted by Gasteiger charge is -2.11. The Kier molecular flexibility index (Phi) is 4.38. The number of aromatic nitrogens is 1. The maximum Gasteiger partial charge on any atom is 0.178 e. The molecule has 19 heavy (non-hydrogen) atoms. The van der Waals surface area contributed by atoms with Crippen LogP contribution >= 0.6 is 34.2 Å². The lowest BCUT2D eigenvalue weighted by atomic mass is 10.3. The van der Waals surface area contributed by atoms with Gasteiger partial charge < -0.3 is 10.7 Å². The van der Waals surface area contributed by atoms with Gasteiger partial charge in [-0.15, -0.1) is 0 Å². The summed E-state index contributed by atoms with van der Waals surface area (Å²) < 4.78 is 27.6. The number of nitrogens with two attached hydrogens (primary N) is 1. The van der Waals surface area contributed by atoms with Crippen molar-refractivity contribution in [1.82, 2.24) is 4.98 Å². The van der Waals surface area contributed by atoms with Gasteiger partial charge >= 0.3 is 0 Å². The number of anilines is 3. The first-order chi connectivity index (χ1) is 9.01. The number of hydrazine groups is 1. The molecule has 0 amide bonds. The van der Waals surface area contributed by atoms with Gasteiger partial charge in [0.2, 0.25) is 0 Å². The maximum absolute atomic E-state index is 13.6. The first-order valence-electron chi connectivity index (χ1n) is 5.06. The molecule has 0 aliphatic heterocycles. The third kappa shape index (κ3) is 3.23. The molecule has 2 aromatic rings. The predicted molar refractivity (Wildman–Crippen MR) is 79.4 cm³/mol. The van der Waals surface area contributed by atoms with Crippen LogP contribution in [0.4, 0.5) is 26.1 Å². The van der Waals surface area contributed by atoms with Crippen molar-refractivity contribution in [3.05, 3.63) is 44.5 Å². The van der Waals surface area contributed by atoms with Crippen LogP contribution in [0.5, 0.6) is 0 Å². The molecule has 2 rings (SSSR count). The highest BCUT2D eigenvalue weighted by atomic mass is 127. The van der Waals surface area contributed by atoms with Crippen molar-refractivity contribution >= 4 is 51.5 Å². The fraction of sp³-hybridized carbons (Fsp3) is 0. The van der Waals surface area contributed by atoms with Crippen LogP contribution in [0.3, 0.4) is 0 Å². The van der Waals surface area contributed by atoms with Crippen LogP contribution < -0.4 is 16.6 Å². The molecule has 0 bridgehead atoms. The Morgan fingerprint density at radius 3 is 2.47 bits per heavy atom. The van der Waals surface area contributed by atoms with Gasteiger partial charge in [-0.2, -0.15) is 0 Å². The number of nitrogen functional groups attached to an aromatic ring is 1. The minimum atomic E-state index is -0.864. The summed E-state index contributed by atoms with van der Waals surface area (Å²) in [5.74, 6) is 3.04. The third-order valence-corrected chi connectivity index (χ3v) is 3.38. The van der Waals surface area contributed by atoms with Gasteiger partial charge in [-0.25, -0.2) is 19.6 Å². The molecule has 0 saturated heterocycles. The topological polar surface area (TPSA) is 63.0 Å². The monoisotopic (exact) mass is 396 g/mol. The van der Waals surface area contributed by atoms with Crippen LogP contribution in [0.25, 0.3) is 0 Å². The summed E-state index contributed by atoms with van der Waals surface area (Å²) >= 11 is 7.86. The van der Waals surface area contributed by atoms with Crippen LogP contribution in [-0.2, 0) is 0 Å². The highest BCUT2D eigenvalue weighted by Crippen LogP contribution is 2.27. The van der Waals surface area contributed by atoms with Gasteiger partial charge in [0, 0.05) is 14.7 Å². The normalized spacial score (nSPS) is 10.4. The number of hydrogen-bond acceptors (Lipinski definition) is 4. The maximum atomic E-state index is 13.6. The molecule has 0 aliphatic carbocycles. The first-order valence-corrected chi connectivity index (χ1v) is 6.51. The molecular formula is C11H8ClF2IN4. The second kappa shape index (κ2) is 5.85. The van der Waals surface area contributed by atoms with Crippen molar-refractivity contribution in [2.75, 3.05) is 10.7 Å². The highest BCUT2D eigenvalue weighted by Gasteiger charge is 2.12. The van der Waals surface area contributed by atoms with E-state index in [4.69, 9.17) is 17.4 Å². The second-order valence-corrected chi connectivity index (χ2v) is 5.14. The third-order valence-electron chi connectivity index (χ3n) is 2.25. The van der Waals surface area contributed by atoms with Gasteiger partial charge in [-0.05, 0) is 40.8 Å². The van der Waals surface area contributed by atoms with Crippen molar-refractivity contribution in [3.8, 4) is 0 Å². The molecule has 0 unspecified atom stereocenters. The standard InChI is InChI=1S/C11H8ClF2IN4/c12-5-1-2-9(8(15)3-5)17-10-6(13)4-7(14)11(18-10)19-16/h1-4H,16H2,(H2,17,18,19). The smallest absolute Gasteiger partial charge is 0.178 e. The predicted octanol–water partition coefficient (Wildman–Crippen LogP) is 3.65. The fourth-order valence-corrected chi connectivity index (χ4v) is 2.38. The van der Waals surface area contributed by atoms with Gasteiger partial charge in [0.15, 0.2) is 23.3 Å². The zero-order valence-electron chi connectivity index (χ0n) is 9.35. The van der Waals surface area contributed by atoms with Crippen molar-refractivity contribution in [1.29, 1.82) is 0 Å². The van der Waals surface area contributed by atoms with Gasteiger partial charge in [0.1, 0.15) is 0 Å². The van der Waals surface area contributed by atoms with Crippen molar-refractivity contribution in [2.24, 2.45) is 5.84 Å². The van der Waals surface area contributed by atoms with Gasteiger partial charge in [0.05, 0.1) is 5.69 Å². The lowest BCUT2D eigenvalue weighted by Crippen LogP contribution is -2.12. The summed E-state index contributed by atoms with van der Waals surface area (Å²) in [6.07, 6.45) is 0. The van der Waals surface area contributed by atoms with Gasteiger partial charge in [-0.1, -0.05) is 11.6 Å². The average molecular weight is 397 g/mol. The summed E-state index contributed by atoms with van der Waals surface area (Å²) in [4.78, 5) is 3.72. The molecule has 1 aromatic carbocycles. The van der Waals surface area contributed by atoms with Crippen LogP contribution in [0, 0.1) is 15.2 Å². The Morgan fingerprint density at radius 2 is 1.84 bits per heavy atom. The molecule has 0 spiro atoms. The number of nitrogens with zero attached hydrogens (tertiary/aromatic N) is 1. The van der Waals surface area contributed by atoms with Crippen molar-refractivity contribution in [3.63, 3.8) is 0 Å². The molecule has 8 heteroatoms. The van der Waals surface area contributed by atoms with E-state index in [9.17, 15) is 8.78 Å². The molecule has 1 aromatic heterocycles. The van der Waals surface area contributed by atoms with E-state index in [2.05, 4.69) is 15.7 Å². The molecule has 100 valence electrons. The van der Waals surface area contributed by atoms with E-state index < -0.39 is 11.6 Å². The summed E-state index contributed by atoms with van der Waals surface area (Å²) in [5.41, 5.74) is 2.66. The minimum Gasteiger partial charge on any atom is -0.337 e. The SMILES string of the molecule is NNc1nc(Nc2ccc(Cl)cc2I)c(F)cc1F. The zero-order valence-corrected chi connectivity index (χ0v) is 12.3. The summed E-state index contributed by atoms with van der Waals surface area (Å²) in [7, 11) is 0. The molecule has 0 saturated carbocycles. The number of rotatable bonds is 3. The molecule has 0 radical (unpaired) electrons. The Balaban J connectivity index is 2.37. The average Bonchev–Trinajstić information content (AvgIpc) is 2.35. The van der Waals surface area contributed by atoms with E-state index >= 15 is 0 Å². The van der Waals surface area contributed by atoms with E-state index in [-0.39, 0.29) is 11.6 Å². The van der Waals surface area contributed by atoms with Gasteiger partial charge in [-0.3, -0.25) is 0 Å². The largest absolute Gasteiger partial charge is 0.337 e. The van der Waals surface area contributed by atoms with E-state index in [0.29, 0.717) is 16.8 Å². The van der Waals surface area contributed by atoms with Gasteiger partial charge in [0.25, 0.3) is 0 Å². The summed E-state index contributed by atoms with van der Waals surface area (Å²) in [5, 5.41) is 3.32. The Hall–Kier alpha value is -1.19. The van der Waals surface area contributed by atoms with E-state index in [1.54, 1.807) is 18.2 Å². The Bertz CT molecular complexity index is 624. The molecule has 0 aliphatic rings. The number of halogens is 4.